The minimum atomic E-state index is -0.197. The lowest BCUT2D eigenvalue weighted by Crippen LogP contribution is -2.27. The van der Waals surface area contributed by atoms with Gasteiger partial charge in [0.25, 0.3) is 0 Å². The second kappa shape index (κ2) is 8.53. The first kappa shape index (κ1) is 17.3. The van der Waals surface area contributed by atoms with Crippen LogP contribution in [0.25, 0.3) is 0 Å². The Hall–Kier alpha value is -2.08. The standard InChI is InChI=1S/C16H20ClN3O3/c1-2-23-15(21)5-3-4-10-18-14-11-20(16(22)19-14)13-8-6-12(17)7-9-13/h6-9H,2-5,10-11H2,1H3,(H,18,19,22). The van der Waals surface area contributed by atoms with Gasteiger partial charge in [0, 0.05) is 23.7 Å². The molecule has 0 saturated carbocycles. The Bertz CT molecular complexity index is 587. The molecular formula is C16H20ClN3O3. The van der Waals surface area contributed by atoms with Crippen molar-refractivity contribution in [3.8, 4) is 0 Å². The number of amidine groups is 1. The molecule has 2 rings (SSSR count). The molecule has 0 aliphatic carbocycles. The molecule has 23 heavy (non-hydrogen) atoms. The van der Waals surface area contributed by atoms with E-state index in [1.807, 2.05) is 0 Å². The summed E-state index contributed by atoms with van der Waals surface area (Å²) in [5, 5.41) is 3.38. The van der Waals surface area contributed by atoms with Gasteiger partial charge in [-0.3, -0.25) is 20.0 Å². The Morgan fingerprint density at radius 3 is 2.78 bits per heavy atom. The summed E-state index contributed by atoms with van der Waals surface area (Å²) in [7, 11) is 0. The average Bonchev–Trinajstić information content (AvgIpc) is 2.89. The van der Waals surface area contributed by atoms with Crippen LogP contribution < -0.4 is 10.2 Å². The van der Waals surface area contributed by atoms with E-state index in [-0.39, 0.29) is 12.0 Å². The molecule has 1 aromatic rings. The molecule has 1 aliphatic heterocycles. The molecule has 6 nitrogen and oxygen atoms in total. The summed E-state index contributed by atoms with van der Waals surface area (Å²) < 4.78 is 4.86. The van der Waals surface area contributed by atoms with Gasteiger partial charge in [-0.15, -0.1) is 0 Å². The zero-order valence-corrected chi connectivity index (χ0v) is 13.8. The summed E-state index contributed by atoms with van der Waals surface area (Å²) in [6, 6.07) is 6.88. The largest absolute Gasteiger partial charge is 0.466 e. The molecule has 0 radical (unpaired) electrons. The third kappa shape index (κ3) is 5.25. The summed E-state index contributed by atoms with van der Waals surface area (Å²) in [6.45, 7) is 3.19. The fraction of sp³-hybridized carbons (Fsp3) is 0.438. The minimum absolute atomic E-state index is 0.178. The maximum Gasteiger partial charge on any atom is 0.327 e. The van der Waals surface area contributed by atoms with Crippen LogP contribution in [0.2, 0.25) is 5.02 Å². The fourth-order valence-corrected chi connectivity index (χ4v) is 2.33. The molecular weight excluding hydrogens is 318 g/mol. The van der Waals surface area contributed by atoms with Crippen LogP contribution in [0.4, 0.5) is 10.5 Å². The van der Waals surface area contributed by atoms with Crippen LogP contribution >= 0.6 is 11.6 Å². The SMILES string of the molecule is CCOC(=O)CCCCN=C1CN(c2ccc(Cl)cc2)C(=O)N1. The number of nitrogens with one attached hydrogen (secondary N) is 1. The average molecular weight is 338 g/mol. The molecule has 1 fully saturated rings. The zero-order chi connectivity index (χ0) is 16.7. The highest BCUT2D eigenvalue weighted by molar-refractivity contribution is 6.30. The summed E-state index contributed by atoms with van der Waals surface area (Å²) >= 11 is 5.85. The Balaban J connectivity index is 1.78. The predicted molar refractivity (Wildman–Crippen MR) is 90.1 cm³/mol. The van der Waals surface area contributed by atoms with Gasteiger partial charge in [0.15, 0.2) is 0 Å². The number of nitrogens with zero attached hydrogens (tertiary/aromatic N) is 2. The highest BCUT2D eigenvalue weighted by Gasteiger charge is 2.26. The van der Waals surface area contributed by atoms with Gasteiger partial charge in [0.05, 0.1) is 13.2 Å². The number of hydrogen-bond acceptors (Lipinski definition) is 4. The Kier molecular flexibility index (Phi) is 6.40. The monoisotopic (exact) mass is 337 g/mol. The van der Waals surface area contributed by atoms with E-state index in [0.29, 0.717) is 37.0 Å². The van der Waals surface area contributed by atoms with Gasteiger partial charge in [0.2, 0.25) is 0 Å². The molecule has 1 N–H and O–H groups in total. The van der Waals surface area contributed by atoms with Gasteiger partial charge >= 0.3 is 12.0 Å². The Morgan fingerprint density at radius 1 is 1.35 bits per heavy atom. The maximum atomic E-state index is 12.0. The van der Waals surface area contributed by atoms with Crippen molar-refractivity contribution >= 4 is 35.1 Å². The molecule has 0 atom stereocenters. The van der Waals surface area contributed by atoms with E-state index >= 15 is 0 Å². The summed E-state index contributed by atoms with van der Waals surface area (Å²) in [5.74, 6) is 0.462. The Morgan fingerprint density at radius 2 is 2.09 bits per heavy atom. The summed E-state index contributed by atoms with van der Waals surface area (Å²) in [6.07, 6.45) is 1.91. The van der Waals surface area contributed by atoms with Crippen LogP contribution in [0.15, 0.2) is 29.3 Å². The lowest BCUT2D eigenvalue weighted by molar-refractivity contribution is -0.143. The molecule has 1 heterocycles. The van der Waals surface area contributed by atoms with Crippen LogP contribution in [0.1, 0.15) is 26.2 Å². The molecule has 0 aromatic heterocycles. The van der Waals surface area contributed by atoms with Crippen molar-refractivity contribution in [2.24, 2.45) is 4.99 Å². The number of esters is 1. The highest BCUT2D eigenvalue weighted by Crippen LogP contribution is 2.19. The normalized spacial score (nSPS) is 15.8. The quantitative estimate of drug-likeness (QED) is 0.614. The minimum Gasteiger partial charge on any atom is -0.466 e. The van der Waals surface area contributed by atoms with Crippen LogP contribution in [0.3, 0.4) is 0 Å². The van der Waals surface area contributed by atoms with Gasteiger partial charge in [-0.25, -0.2) is 4.79 Å². The molecule has 1 aromatic carbocycles. The van der Waals surface area contributed by atoms with Gasteiger partial charge in [-0.2, -0.15) is 0 Å². The van der Waals surface area contributed by atoms with Gasteiger partial charge < -0.3 is 4.74 Å². The number of carbonyl (C=O) groups is 2. The molecule has 0 spiro atoms. The summed E-state index contributed by atoms with van der Waals surface area (Å²) in [5.41, 5.74) is 0.777. The molecule has 1 aliphatic rings. The number of hydrogen-bond donors (Lipinski definition) is 1. The first-order valence-corrected chi connectivity index (χ1v) is 8.01. The van der Waals surface area contributed by atoms with E-state index in [1.165, 1.54) is 0 Å². The van der Waals surface area contributed by atoms with E-state index < -0.39 is 0 Å². The highest BCUT2D eigenvalue weighted by atomic mass is 35.5. The van der Waals surface area contributed by atoms with Crippen LogP contribution in [0, 0.1) is 0 Å². The third-order valence-corrected chi connectivity index (χ3v) is 3.59. The molecule has 0 unspecified atom stereocenters. The van der Waals surface area contributed by atoms with Crippen molar-refractivity contribution in [3.05, 3.63) is 29.3 Å². The Labute approximate surface area is 140 Å². The number of urea groups is 1. The van der Waals surface area contributed by atoms with Crippen molar-refractivity contribution in [3.63, 3.8) is 0 Å². The smallest absolute Gasteiger partial charge is 0.327 e. The van der Waals surface area contributed by atoms with Gasteiger partial charge in [0.1, 0.15) is 5.84 Å². The third-order valence-electron chi connectivity index (χ3n) is 3.34. The number of amides is 2. The number of rotatable bonds is 7. The maximum absolute atomic E-state index is 12.0. The fourth-order valence-electron chi connectivity index (χ4n) is 2.20. The topological polar surface area (TPSA) is 71.0 Å². The van der Waals surface area contributed by atoms with Gasteiger partial charge in [-0.1, -0.05) is 11.6 Å². The number of carbonyl (C=O) groups excluding carboxylic acids is 2. The van der Waals surface area contributed by atoms with Crippen molar-refractivity contribution in [2.75, 3.05) is 24.6 Å². The molecule has 7 heteroatoms. The second-order valence-corrected chi connectivity index (χ2v) is 5.52. The predicted octanol–water partition coefficient (Wildman–Crippen LogP) is 3.00. The van der Waals surface area contributed by atoms with E-state index in [9.17, 15) is 9.59 Å². The van der Waals surface area contributed by atoms with Crippen molar-refractivity contribution in [1.82, 2.24) is 5.32 Å². The van der Waals surface area contributed by atoms with Gasteiger partial charge in [-0.05, 0) is 44.0 Å². The van der Waals surface area contributed by atoms with Crippen LogP contribution in [-0.2, 0) is 9.53 Å². The number of halogens is 1. The van der Waals surface area contributed by atoms with E-state index in [2.05, 4.69) is 10.3 Å². The number of anilines is 1. The summed E-state index contributed by atoms with van der Waals surface area (Å²) in [4.78, 5) is 29.1. The van der Waals surface area contributed by atoms with E-state index in [4.69, 9.17) is 16.3 Å². The van der Waals surface area contributed by atoms with Crippen molar-refractivity contribution in [2.45, 2.75) is 26.2 Å². The van der Waals surface area contributed by atoms with Crippen LogP contribution in [0.5, 0.6) is 0 Å². The first-order chi connectivity index (χ1) is 11.1. The molecule has 1 saturated heterocycles. The lowest BCUT2D eigenvalue weighted by atomic mass is 10.2. The number of aliphatic imine (C=N–C) groups is 1. The number of unbranched alkanes of at least 4 members (excludes halogenated alkanes) is 1. The molecule has 124 valence electrons. The van der Waals surface area contributed by atoms with Crippen molar-refractivity contribution in [1.29, 1.82) is 0 Å². The van der Waals surface area contributed by atoms with Crippen LogP contribution in [-0.4, -0.2) is 37.5 Å². The zero-order valence-electron chi connectivity index (χ0n) is 13.0. The number of ether oxygens (including phenoxy) is 1. The van der Waals surface area contributed by atoms with E-state index in [0.717, 1.165) is 18.5 Å². The van der Waals surface area contributed by atoms with Crippen molar-refractivity contribution < 1.29 is 14.3 Å². The first-order valence-electron chi connectivity index (χ1n) is 7.63. The van der Waals surface area contributed by atoms with E-state index in [1.54, 1.807) is 36.1 Å². The second-order valence-electron chi connectivity index (χ2n) is 5.08. The molecule has 0 bridgehead atoms. The lowest BCUT2D eigenvalue weighted by Gasteiger charge is -2.12. The molecule has 2 amide bonds. The number of benzene rings is 1.